The first-order valence-electron chi connectivity index (χ1n) is 8.62. The molecule has 0 radical (unpaired) electrons. The highest BCUT2D eigenvalue weighted by Crippen LogP contribution is 2.13. The smallest absolute Gasteiger partial charge is 0.352 e. The number of aromatic nitrogens is 1. The predicted octanol–water partition coefficient (Wildman–Crippen LogP) is 0.467. The van der Waals surface area contributed by atoms with Crippen molar-refractivity contribution in [3.05, 3.63) is 18.0 Å². The van der Waals surface area contributed by atoms with Gasteiger partial charge in [0.25, 0.3) is 0 Å². The Morgan fingerprint density at radius 3 is 2.00 bits per heavy atom. The molecule has 154 valence electrons. The number of rotatable bonds is 18. The van der Waals surface area contributed by atoms with E-state index in [0.29, 0.717) is 78.1 Å². The van der Waals surface area contributed by atoms with E-state index in [-0.39, 0.29) is 5.69 Å². The van der Waals surface area contributed by atoms with Crippen molar-refractivity contribution in [2.24, 2.45) is 0 Å². The topological polar surface area (TPSA) is 117 Å². The van der Waals surface area contributed by atoms with Crippen molar-refractivity contribution in [1.82, 2.24) is 4.57 Å². The second-order valence-corrected chi connectivity index (χ2v) is 5.32. The molecule has 1 aromatic heterocycles. The molecular weight excluding hydrogens is 360 g/mol. The van der Waals surface area contributed by atoms with Crippen LogP contribution in [0, 0.1) is 0 Å². The Kier molecular flexibility index (Phi) is 12.9. The number of amides is 1. The molecule has 0 unspecified atom stereocenters. The lowest BCUT2D eigenvalue weighted by Crippen LogP contribution is -2.15. The van der Waals surface area contributed by atoms with Gasteiger partial charge in [-0.05, 0) is 6.07 Å². The summed E-state index contributed by atoms with van der Waals surface area (Å²) in [5.74, 6) is -1.07. The number of carbonyl (C=O) groups is 2. The third-order valence-corrected chi connectivity index (χ3v) is 3.37. The molecule has 1 amide bonds. The Morgan fingerprint density at radius 2 is 1.52 bits per heavy atom. The van der Waals surface area contributed by atoms with E-state index in [1.54, 1.807) is 13.3 Å². The van der Waals surface area contributed by atoms with Crippen molar-refractivity contribution >= 4 is 18.1 Å². The highest BCUT2D eigenvalue weighted by atomic mass is 16.6. The minimum atomic E-state index is -1.07. The number of ether oxygens (including phenoxy) is 5. The molecule has 0 saturated carbocycles. The van der Waals surface area contributed by atoms with Crippen LogP contribution in [0.15, 0.2) is 12.3 Å². The van der Waals surface area contributed by atoms with Gasteiger partial charge in [0.1, 0.15) is 5.69 Å². The van der Waals surface area contributed by atoms with Crippen LogP contribution in [0.4, 0.5) is 5.69 Å². The molecule has 0 aliphatic rings. The van der Waals surface area contributed by atoms with Gasteiger partial charge in [-0.3, -0.25) is 4.79 Å². The molecule has 0 atom stereocenters. The van der Waals surface area contributed by atoms with Gasteiger partial charge in [0, 0.05) is 19.9 Å². The minimum Gasteiger partial charge on any atom is -0.477 e. The van der Waals surface area contributed by atoms with Crippen molar-refractivity contribution in [3.8, 4) is 0 Å². The molecule has 10 nitrogen and oxygen atoms in total. The maximum atomic E-state index is 11.2. The number of anilines is 1. The summed E-state index contributed by atoms with van der Waals surface area (Å²) in [7, 11) is 1.62. The fourth-order valence-corrected chi connectivity index (χ4v) is 2.09. The van der Waals surface area contributed by atoms with E-state index in [0.717, 1.165) is 0 Å². The molecule has 1 aromatic rings. The maximum Gasteiger partial charge on any atom is 0.352 e. The molecule has 27 heavy (non-hydrogen) atoms. The predicted molar refractivity (Wildman–Crippen MR) is 96.2 cm³/mol. The van der Waals surface area contributed by atoms with Gasteiger partial charge in [-0.2, -0.15) is 0 Å². The van der Waals surface area contributed by atoms with Gasteiger partial charge in [0.15, 0.2) is 0 Å². The SMILES string of the molecule is COCCOCCOCCOCCOCCn1cc(NC=O)cc1C(=O)O. The highest BCUT2D eigenvalue weighted by Gasteiger charge is 2.12. The van der Waals surface area contributed by atoms with Crippen LogP contribution in [0.3, 0.4) is 0 Å². The number of methoxy groups -OCH3 is 1. The third-order valence-electron chi connectivity index (χ3n) is 3.37. The Hall–Kier alpha value is -1.98. The summed E-state index contributed by atoms with van der Waals surface area (Å²) < 4.78 is 27.7. The van der Waals surface area contributed by atoms with Gasteiger partial charge in [0.2, 0.25) is 6.41 Å². The van der Waals surface area contributed by atoms with E-state index >= 15 is 0 Å². The molecule has 0 spiro atoms. The van der Waals surface area contributed by atoms with Gasteiger partial charge >= 0.3 is 5.97 Å². The quantitative estimate of drug-likeness (QED) is 0.275. The molecule has 0 aliphatic heterocycles. The van der Waals surface area contributed by atoms with Crippen molar-refractivity contribution in [2.75, 3.05) is 71.9 Å². The normalized spacial score (nSPS) is 10.9. The van der Waals surface area contributed by atoms with Gasteiger partial charge in [-0.1, -0.05) is 0 Å². The summed E-state index contributed by atoms with van der Waals surface area (Å²) in [6.45, 7) is 4.59. The van der Waals surface area contributed by atoms with Crippen LogP contribution in [0.25, 0.3) is 0 Å². The van der Waals surface area contributed by atoms with E-state index < -0.39 is 5.97 Å². The van der Waals surface area contributed by atoms with E-state index in [1.807, 2.05) is 0 Å². The lowest BCUT2D eigenvalue weighted by Gasteiger charge is -2.08. The van der Waals surface area contributed by atoms with Crippen LogP contribution in [-0.4, -0.2) is 88.6 Å². The largest absolute Gasteiger partial charge is 0.477 e. The number of nitrogens with zero attached hydrogens (tertiary/aromatic N) is 1. The summed E-state index contributed by atoms with van der Waals surface area (Å²) in [6, 6.07) is 1.39. The Morgan fingerprint density at radius 1 is 1.00 bits per heavy atom. The molecule has 1 heterocycles. The molecule has 0 aliphatic carbocycles. The molecule has 1 rings (SSSR count). The number of carboxylic acid groups (broad SMARTS) is 1. The number of nitrogens with one attached hydrogen (secondary N) is 1. The lowest BCUT2D eigenvalue weighted by atomic mass is 10.4. The van der Waals surface area contributed by atoms with E-state index in [4.69, 9.17) is 28.8 Å². The van der Waals surface area contributed by atoms with Crippen molar-refractivity contribution in [2.45, 2.75) is 6.54 Å². The van der Waals surface area contributed by atoms with E-state index in [1.165, 1.54) is 10.6 Å². The molecule has 2 N–H and O–H groups in total. The van der Waals surface area contributed by atoms with E-state index in [2.05, 4.69) is 5.32 Å². The fourth-order valence-electron chi connectivity index (χ4n) is 2.09. The Balaban J connectivity index is 2.00. The fraction of sp³-hybridized carbons (Fsp3) is 0.647. The second kappa shape index (κ2) is 15.1. The zero-order chi connectivity index (χ0) is 19.7. The number of hydrogen-bond donors (Lipinski definition) is 2. The summed E-state index contributed by atoms with van der Waals surface area (Å²) in [5.41, 5.74) is 0.511. The standard InChI is InChI=1S/C17H28N2O8/c1-23-4-5-25-8-9-27-11-10-26-7-6-24-3-2-19-13-15(18-14-20)12-16(19)17(21)22/h12-14H,2-11H2,1H3,(H,18,20)(H,21,22). The van der Waals surface area contributed by atoms with Crippen molar-refractivity contribution in [3.63, 3.8) is 0 Å². The lowest BCUT2D eigenvalue weighted by molar-refractivity contribution is -0.105. The van der Waals surface area contributed by atoms with Gasteiger partial charge in [-0.25, -0.2) is 4.79 Å². The zero-order valence-electron chi connectivity index (χ0n) is 15.6. The van der Waals surface area contributed by atoms with Crippen LogP contribution in [0.2, 0.25) is 0 Å². The van der Waals surface area contributed by atoms with Crippen LogP contribution >= 0.6 is 0 Å². The third kappa shape index (κ3) is 10.7. The monoisotopic (exact) mass is 388 g/mol. The average molecular weight is 388 g/mol. The first-order valence-corrected chi connectivity index (χ1v) is 8.62. The zero-order valence-corrected chi connectivity index (χ0v) is 15.6. The summed E-state index contributed by atoms with van der Waals surface area (Å²) in [5, 5.41) is 11.6. The Labute approximate surface area is 158 Å². The van der Waals surface area contributed by atoms with E-state index in [9.17, 15) is 9.59 Å². The first kappa shape index (κ1) is 23.1. The maximum absolute atomic E-state index is 11.2. The second-order valence-electron chi connectivity index (χ2n) is 5.32. The van der Waals surface area contributed by atoms with Crippen molar-refractivity contribution in [1.29, 1.82) is 0 Å². The van der Waals surface area contributed by atoms with Gasteiger partial charge < -0.3 is 38.7 Å². The molecule has 0 saturated heterocycles. The Bertz CT molecular complexity index is 535. The summed E-state index contributed by atoms with van der Waals surface area (Å²) in [6.07, 6.45) is 2.05. The number of hydrogen-bond acceptors (Lipinski definition) is 7. The van der Waals surface area contributed by atoms with Crippen molar-refractivity contribution < 1.29 is 38.4 Å². The van der Waals surface area contributed by atoms with Crippen LogP contribution < -0.4 is 5.32 Å². The molecule has 0 aromatic carbocycles. The van der Waals surface area contributed by atoms with Crippen LogP contribution in [-0.2, 0) is 35.0 Å². The molecule has 10 heteroatoms. The summed E-state index contributed by atoms with van der Waals surface area (Å²) in [4.78, 5) is 21.6. The minimum absolute atomic E-state index is 0.0857. The first-order chi connectivity index (χ1) is 13.2. The molecular formula is C17H28N2O8. The number of carbonyl (C=O) groups excluding carboxylic acids is 1. The number of aromatic carboxylic acids is 1. The summed E-state index contributed by atoms with van der Waals surface area (Å²) >= 11 is 0. The van der Waals surface area contributed by atoms with Gasteiger partial charge in [-0.15, -0.1) is 0 Å². The highest BCUT2D eigenvalue weighted by molar-refractivity contribution is 5.88. The van der Waals surface area contributed by atoms with Gasteiger partial charge in [0.05, 0.1) is 65.1 Å². The van der Waals surface area contributed by atoms with Crippen LogP contribution in [0.5, 0.6) is 0 Å². The molecule has 0 fully saturated rings. The van der Waals surface area contributed by atoms with Crippen LogP contribution in [0.1, 0.15) is 10.5 Å². The average Bonchev–Trinajstić information content (AvgIpc) is 3.05. The molecule has 0 bridgehead atoms. The number of carboxylic acids is 1.